The Morgan fingerprint density at radius 1 is 1.19 bits per heavy atom. The van der Waals surface area contributed by atoms with Gasteiger partial charge in [0.25, 0.3) is 5.91 Å². The van der Waals surface area contributed by atoms with Crippen LogP contribution in [0.1, 0.15) is 16.7 Å². The van der Waals surface area contributed by atoms with Gasteiger partial charge in [-0.1, -0.05) is 30.3 Å². The van der Waals surface area contributed by atoms with E-state index in [9.17, 15) is 4.79 Å². The van der Waals surface area contributed by atoms with Crippen LogP contribution in [0.15, 0.2) is 54.7 Å². The highest BCUT2D eigenvalue weighted by atomic mass is 16.5. The average Bonchev–Trinajstić information content (AvgIpc) is 3.07. The fraction of sp³-hybridized carbons (Fsp3) is 0.150. The third-order valence-electron chi connectivity index (χ3n) is 4.27. The van der Waals surface area contributed by atoms with Crippen molar-refractivity contribution in [3.05, 3.63) is 71.4 Å². The fourth-order valence-electron chi connectivity index (χ4n) is 2.87. The largest absolute Gasteiger partial charge is 0.398 e. The Bertz CT molecular complexity index is 930. The standard InChI is InChI=1S/C20H22N4O2/c21-18-11-14(6-8-20(25)24-26)5-7-16(18)12-22-10-9-15-13-23-19-4-2-1-3-17(15)19/h1-8,11,13,22-23,26H,9-10,12,21H2,(H,24,25)/b8-6+. The predicted molar refractivity (Wildman–Crippen MR) is 104 cm³/mol. The molecule has 0 radical (unpaired) electrons. The molecule has 1 amide bonds. The van der Waals surface area contributed by atoms with Crippen molar-refractivity contribution in [2.24, 2.45) is 0 Å². The second kappa shape index (κ2) is 8.33. The fourth-order valence-corrected chi connectivity index (χ4v) is 2.87. The number of carbonyl (C=O) groups excluding carboxylic acids is 1. The normalized spacial score (nSPS) is 11.3. The monoisotopic (exact) mass is 350 g/mol. The van der Waals surface area contributed by atoms with Crippen LogP contribution in [0.25, 0.3) is 17.0 Å². The van der Waals surface area contributed by atoms with Crippen molar-refractivity contribution in [2.45, 2.75) is 13.0 Å². The summed E-state index contributed by atoms with van der Waals surface area (Å²) < 4.78 is 0. The number of hydrogen-bond acceptors (Lipinski definition) is 4. The lowest BCUT2D eigenvalue weighted by molar-refractivity contribution is -0.124. The van der Waals surface area contributed by atoms with Crippen molar-refractivity contribution in [1.29, 1.82) is 0 Å². The first-order valence-corrected chi connectivity index (χ1v) is 8.43. The topological polar surface area (TPSA) is 103 Å². The maximum Gasteiger partial charge on any atom is 0.267 e. The minimum Gasteiger partial charge on any atom is -0.398 e. The molecule has 0 saturated carbocycles. The third-order valence-corrected chi connectivity index (χ3v) is 4.27. The number of benzene rings is 2. The minimum atomic E-state index is -0.577. The summed E-state index contributed by atoms with van der Waals surface area (Å²) in [6, 6.07) is 13.9. The number of fused-ring (bicyclic) bond motifs is 1. The summed E-state index contributed by atoms with van der Waals surface area (Å²) >= 11 is 0. The molecule has 26 heavy (non-hydrogen) atoms. The number of para-hydroxylation sites is 1. The summed E-state index contributed by atoms with van der Waals surface area (Å²) in [6.45, 7) is 1.52. The number of rotatable bonds is 7. The van der Waals surface area contributed by atoms with Crippen LogP contribution < -0.4 is 16.5 Å². The number of amides is 1. The lowest BCUT2D eigenvalue weighted by Crippen LogP contribution is -2.17. The maximum atomic E-state index is 11.0. The van der Waals surface area contributed by atoms with Crippen LogP contribution in [0, 0.1) is 0 Å². The molecule has 1 heterocycles. The van der Waals surface area contributed by atoms with Crippen molar-refractivity contribution in [3.63, 3.8) is 0 Å². The van der Waals surface area contributed by atoms with Crippen LogP contribution in [-0.4, -0.2) is 22.6 Å². The second-order valence-electron chi connectivity index (χ2n) is 6.05. The van der Waals surface area contributed by atoms with Crippen molar-refractivity contribution in [3.8, 4) is 0 Å². The molecule has 6 N–H and O–H groups in total. The Kier molecular flexibility index (Phi) is 5.68. The van der Waals surface area contributed by atoms with E-state index < -0.39 is 5.91 Å². The Morgan fingerprint density at radius 2 is 2.04 bits per heavy atom. The molecular weight excluding hydrogens is 328 g/mol. The molecule has 3 rings (SSSR count). The molecule has 6 nitrogen and oxygen atoms in total. The zero-order valence-corrected chi connectivity index (χ0v) is 14.3. The second-order valence-corrected chi connectivity index (χ2v) is 6.05. The van der Waals surface area contributed by atoms with E-state index in [4.69, 9.17) is 10.9 Å². The quantitative estimate of drug-likeness (QED) is 0.149. The molecule has 6 heteroatoms. The van der Waals surface area contributed by atoms with E-state index >= 15 is 0 Å². The molecule has 1 aromatic heterocycles. The smallest absolute Gasteiger partial charge is 0.267 e. The van der Waals surface area contributed by atoms with E-state index in [-0.39, 0.29) is 0 Å². The lowest BCUT2D eigenvalue weighted by atomic mass is 10.1. The van der Waals surface area contributed by atoms with Gasteiger partial charge in [-0.25, -0.2) is 5.48 Å². The first-order valence-electron chi connectivity index (χ1n) is 8.43. The van der Waals surface area contributed by atoms with Crippen LogP contribution in [0.3, 0.4) is 0 Å². The number of aromatic nitrogens is 1. The van der Waals surface area contributed by atoms with Gasteiger partial charge < -0.3 is 16.0 Å². The van der Waals surface area contributed by atoms with Gasteiger partial charge in [-0.3, -0.25) is 10.0 Å². The summed E-state index contributed by atoms with van der Waals surface area (Å²) in [5, 5.41) is 13.1. The maximum absolute atomic E-state index is 11.0. The van der Waals surface area contributed by atoms with Gasteiger partial charge in [0.1, 0.15) is 0 Å². The molecule has 0 spiro atoms. The minimum absolute atomic E-state index is 0.577. The molecule has 0 saturated heterocycles. The van der Waals surface area contributed by atoms with Crippen LogP contribution in [0.2, 0.25) is 0 Å². The Balaban J connectivity index is 1.53. The Labute approximate surface area is 151 Å². The zero-order valence-electron chi connectivity index (χ0n) is 14.3. The van der Waals surface area contributed by atoms with Gasteiger partial charge in [-0.2, -0.15) is 0 Å². The average molecular weight is 350 g/mol. The molecule has 0 aliphatic heterocycles. The number of nitrogens with one attached hydrogen (secondary N) is 3. The van der Waals surface area contributed by atoms with E-state index in [2.05, 4.69) is 28.6 Å². The number of H-pyrrole nitrogens is 1. The summed E-state index contributed by atoms with van der Waals surface area (Å²) in [4.78, 5) is 14.3. The Hall–Kier alpha value is -3.09. The van der Waals surface area contributed by atoms with Gasteiger partial charge in [0.15, 0.2) is 0 Å². The van der Waals surface area contributed by atoms with Gasteiger partial charge in [0, 0.05) is 35.4 Å². The first kappa shape index (κ1) is 17.7. The lowest BCUT2D eigenvalue weighted by Gasteiger charge is -2.08. The molecule has 0 unspecified atom stereocenters. The number of aromatic amines is 1. The van der Waals surface area contributed by atoms with Gasteiger partial charge >= 0.3 is 0 Å². The number of anilines is 1. The van der Waals surface area contributed by atoms with E-state index in [1.54, 1.807) is 17.6 Å². The van der Waals surface area contributed by atoms with Gasteiger partial charge in [-0.05, 0) is 47.9 Å². The SMILES string of the molecule is Nc1cc(/C=C/C(=O)NO)ccc1CNCCc1c[nH]c2ccccc12. The molecule has 3 aromatic rings. The van der Waals surface area contributed by atoms with Gasteiger partial charge in [0.2, 0.25) is 0 Å². The van der Waals surface area contributed by atoms with Crippen molar-refractivity contribution in [1.82, 2.24) is 15.8 Å². The van der Waals surface area contributed by atoms with Crippen molar-refractivity contribution < 1.29 is 10.0 Å². The molecule has 0 fully saturated rings. The van der Waals surface area contributed by atoms with E-state index in [1.807, 2.05) is 24.3 Å². The number of nitrogens with two attached hydrogens (primary N) is 1. The van der Waals surface area contributed by atoms with Gasteiger partial charge in [0.05, 0.1) is 0 Å². The highest BCUT2D eigenvalue weighted by molar-refractivity contribution is 5.91. The van der Waals surface area contributed by atoms with Crippen LogP contribution in [0.4, 0.5) is 5.69 Å². The highest BCUT2D eigenvalue weighted by Gasteiger charge is 2.03. The van der Waals surface area contributed by atoms with E-state index in [0.29, 0.717) is 12.2 Å². The predicted octanol–water partition coefficient (Wildman–Crippen LogP) is 2.60. The summed E-state index contributed by atoms with van der Waals surface area (Å²) in [6.07, 6.45) is 5.83. The van der Waals surface area contributed by atoms with Crippen LogP contribution in [-0.2, 0) is 17.8 Å². The number of nitrogen functional groups attached to an aromatic ring is 1. The van der Waals surface area contributed by atoms with Crippen molar-refractivity contribution in [2.75, 3.05) is 12.3 Å². The molecular formula is C20H22N4O2. The van der Waals surface area contributed by atoms with E-state index in [0.717, 1.165) is 29.6 Å². The first-order chi connectivity index (χ1) is 12.7. The summed E-state index contributed by atoms with van der Waals surface area (Å²) in [5.74, 6) is -0.577. The molecule has 0 aliphatic rings. The molecule has 0 atom stereocenters. The zero-order chi connectivity index (χ0) is 18.4. The molecule has 2 aromatic carbocycles. The number of hydroxylamine groups is 1. The highest BCUT2D eigenvalue weighted by Crippen LogP contribution is 2.18. The van der Waals surface area contributed by atoms with E-state index in [1.165, 1.54) is 17.0 Å². The summed E-state index contributed by atoms with van der Waals surface area (Å²) in [5.41, 5.74) is 12.6. The van der Waals surface area contributed by atoms with Gasteiger partial charge in [-0.15, -0.1) is 0 Å². The summed E-state index contributed by atoms with van der Waals surface area (Å²) in [7, 11) is 0. The Morgan fingerprint density at radius 3 is 2.85 bits per heavy atom. The molecule has 134 valence electrons. The number of hydrogen-bond donors (Lipinski definition) is 5. The molecule has 0 aliphatic carbocycles. The van der Waals surface area contributed by atoms with Crippen LogP contribution >= 0.6 is 0 Å². The number of carbonyl (C=O) groups is 1. The van der Waals surface area contributed by atoms with Crippen molar-refractivity contribution >= 4 is 28.6 Å². The third kappa shape index (κ3) is 4.30. The molecule has 0 bridgehead atoms. The van der Waals surface area contributed by atoms with Crippen LogP contribution in [0.5, 0.6) is 0 Å².